The van der Waals surface area contributed by atoms with E-state index in [9.17, 15) is 18.3 Å². The lowest BCUT2D eigenvalue weighted by molar-refractivity contribution is -0.0902. The van der Waals surface area contributed by atoms with Gasteiger partial charge in [0.2, 0.25) is 10.0 Å². The summed E-state index contributed by atoms with van der Waals surface area (Å²) in [5, 5.41) is 12.6. The van der Waals surface area contributed by atoms with E-state index in [4.69, 9.17) is 21.1 Å². The summed E-state index contributed by atoms with van der Waals surface area (Å²) in [6.07, 6.45) is 9.05. The number of morpholine rings is 1. The maximum atomic E-state index is 13.6. The Morgan fingerprint density at radius 1 is 1.02 bits per heavy atom. The second-order valence-corrected chi connectivity index (χ2v) is 18.0. The van der Waals surface area contributed by atoms with Crippen molar-refractivity contribution in [3.8, 4) is 5.75 Å². The fraction of sp³-hybridized carbons (Fsp3) is 0.615. The molecule has 2 aromatic carbocycles. The third kappa shape index (κ3) is 8.14. The van der Waals surface area contributed by atoms with E-state index >= 15 is 0 Å². The van der Waals surface area contributed by atoms with Crippen LogP contribution in [0.1, 0.15) is 67.4 Å². The summed E-state index contributed by atoms with van der Waals surface area (Å²) < 4.78 is 41.7. The Bertz CT molecular complexity index is 1720. The smallest absolute Gasteiger partial charge is 0.264 e. The molecule has 2 aromatic rings. The van der Waals surface area contributed by atoms with E-state index in [1.165, 1.54) is 5.56 Å². The second-order valence-electron chi connectivity index (χ2n) is 15.5. The lowest BCUT2D eigenvalue weighted by Crippen LogP contribution is -2.62. The van der Waals surface area contributed by atoms with Gasteiger partial charge in [0.05, 0.1) is 29.8 Å². The van der Waals surface area contributed by atoms with Crippen molar-refractivity contribution in [2.24, 2.45) is 17.8 Å². The number of β-amino-alcohol motifs (C(OH)–C–C–N with tert-alkyl or cyclic N) is 1. The monoisotopic (exact) mass is 740 g/mol. The van der Waals surface area contributed by atoms with Crippen molar-refractivity contribution >= 4 is 33.2 Å². The van der Waals surface area contributed by atoms with Crippen LogP contribution < -0.4 is 14.4 Å². The zero-order chi connectivity index (χ0) is 35.8. The normalized spacial score (nSPS) is 32.8. The first-order valence-corrected chi connectivity index (χ1v) is 20.7. The van der Waals surface area contributed by atoms with Gasteiger partial charge in [-0.1, -0.05) is 36.7 Å². The SMILES string of the molecule is C[C@@H]1[C@@H](C)C/C=C/[C@](O)(CN2CCN3CCOC[C@@H]3C2)[C@@H]2CC[C@H]2CN2CCCCc3cc(Cl)ccc3COc3ccc(cc32)C(=O)NS1(=O)=O. The molecule has 1 aliphatic carbocycles. The number of hydrogen-bond donors (Lipinski definition) is 2. The zero-order valence-corrected chi connectivity index (χ0v) is 31.5. The molecule has 2 saturated heterocycles. The first kappa shape index (κ1) is 36.7. The number of carbonyl (C=O) groups excluding carboxylic acids is 1. The minimum absolute atomic E-state index is 0.0270. The number of amides is 1. The average Bonchev–Trinajstić information content (AvgIpc) is 3.12. The van der Waals surface area contributed by atoms with Crippen LogP contribution in [0.25, 0.3) is 0 Å². The molecule has 1 saturated carbocycles. The molecule has 0 unspecified atom stereocenters. The molecule has 0 spiro atoms. The number of benzene rings is 2. The molecule has 5 aliphatic rings. The van der Waals surface area contributed by atoms with E-state index in [1.54, 1.807) is 25.1 Å². The highest BCUT2D eigenvalue weighted by molar-refractivity contribution is 7.90. The van der Waals surface area contributed by atoms with Crippen LogP contribution in [0.3, 0.4) is 0 Å². The highest BCUT2D eigenvalue weighted by Crippen LogP contribution is 2.45. The molecule has 2 N–H and O–H groups in total. The largest absolute Gasteiger partial charge is 0.487 e. The van der Waals surface area contributed by atoms with E-state index in [0.717, 1.165) is 82.7 Å². The predicted octanol–water partition coefficient (Wildman–Crippen LogP) is 4.88. The van der Waals surface area contributed by atoms with Gasteiger partial charge < -0.3 is 19.5 Å². The summed E-state index contributed by atoms with van der Waals surface area (Å²) in [4.78, 5) is 20.8. The van der Waals surface area contributed by atoms with Crippen molar-refractivity contribution < 1.29 is 27.8 Å². The second kappa shape index (κ2) is 15.4. The molecule has 6 atom stereocenters. The van der Waals surface area contributed by atoms with E-state index in [0.29, 0.717) is 49.5 Å². The number of aliphatic hydroxyl groups is 1. The number of sulfonamides is 1. The van der Waals surface area contributed by atoms with Gasteiger partial charge in [-0.15, -0.1) is 0 Å². The molecule has 278 valence electrons. The van der Waals surface area contributed by atoms with Gasteiger partial charge in [0.1, 0.15) is 12.4 Å². The molecule has 0 aromatic heterocycles. The molecule has 7 rings (SSSR count). The number of anilines is 1. The Morgan fingerprint density at radius 2 is 1.88 bits per heavy atom. The summed E-state index contributed by atoms with van der Waals surface area (Å²) in [6.45, 7) is 11.0. The van der Waals surface area contributed by atoms with Crippen LogP contribution in [0.15, 0.2) is 48.6 Å². The maximum Gasteiger partial charge on any atom is 0.264 e. The molecule has 12 heteroatoms. The Kier molecular flexibility index (Phi) is 11.0. The van der Waals surface area contributed by atoms with E-state index < -0.39 is 26.8 Å². The number of nitrogens with zero attached hydrogens (tertiary/aromatic N) is 3. The first-order valence-electron chi connectivity index (χ1n) is 18.8. The lowest BCUT2D eigenvalue weighted by atomic mass is 9.64. The number of rotatable bonds is 2. The van der Waals surface area contributed by atoms with Crippen LogP contribution in [0.5, 0.6) is 5.75 Å². The lowest BCUT2D eigenvalue weighted by Gasteiger charge is -2.51. The zero-order valence-electron chi connectivity index (χ0n) is 29.9. The standard InChI is InChI=1S/C39H53ClN4O6S/c1-27-6-5-14-39(46,26-42-16-17-43-18-19-49-25-34(43)23-42)35-12-9-31(35)22-44-15-4-3-7-29-20-33(40)11-8-32(29)24-50-37-13-10-30(21-36(37)44)38(45)41-51(47,48)28(27)2/h5,8,10-11,13-14,20-21,27-28,31,34-35,46H,3-4,6-7,9,12,15-19,22-26H2,1-2H3,(H,41,45)/b14-5+/t27-,28+,31-,34-,35+,39-/m0/s1. The minimum Gasteiger partial charge on any atom is -0.487 e. The molecule has 51 heavy (non-hydrogen) atoms. The number of hydrogen-bond acceptors (Lipinski definition) is 9. The van der Waals surface area contributed by atoms with Gasteiger partial charge >= 0.3 is 0 Å². The predicted molar refractivity (Wildman–Crippen MR) is 200 cm³/mol. The van der Waals surface area contributed by atoms with Crippen LogP contribution >= 0.6 is 11.6 Å². The van der Waals surface area contributed by atoms with Gasteiger partial charge in [0.15, 0.2) is 0 Å². The highest BCUT2D eigenvalue weighted by Gasteiger charge is 2.47. The Hall–Kier alpha value is -2.67. The van der Waals surface area contributed by atoms with E-state index in [-0.39, 0.29) is 23.3 Å². The van der Waals surface area contributed by atoms with Crippen molar-refractivity contribution in [2.75, 3.05) is 63.9 Å². The number of allylic oxidation sites excluding steroid dienone is 1. The van der Waals surface area contributed by atoms with Gasteiger partial charge in [0.25, 0.3) is 5.91 Å². The van der Waals surface area contributed by atoms with Gasteiger partial charge in [-0.25, -0.2) is 13.1 Å². The molecular formula is C39H53ClN4O6S. The number of halogens is 1. The Morgan fingerprint density at radius 3 is 2.71 bits per heavy atom. The van der Waals surface area contributed by atoms with Crippen molar-refractivity contribution in [3.05, 3.63) is 70.3 Å². The highest BCUT2D eigenvalue weighted by atomic mass is 35.5. The summed E-state index contributed by atoms with van der Waals surface area (Å²) in [6, 6.07) is 11.5. The van der Waals surface area contributed by atoms with Crippen molar-refractivity contribution in [1.29, 1.82) is 0 Å². The molecule has 0 radical (unpaired) electrons. The maximum absolute atomic E-state index is 13.6. The minimum atomic E-state index is -3.98. The number of fused-ring (bicyclic) bond motifs is 4. The van der Waals surface area contributed by atoms with Crippen LogP contribution in [-0.2, 0) is 27.8 Å². The third-order valence-corrected chi connectivity index (χ3v) is 14.3. The number of piperazine rings is 1. The van der Waals surface area contributed by atoms with Gasteiger partial charge in [-0.05, 0) is 105 Å². The molecule has 4 heterocycles. The molecule has 10 nitrogen and oxygen atoms in total. The molecule has 2 bridgehead atoms. The molecule has 4 aliphatic heterocycles. The summed E-state index contributed by atoms with van der Waals surface area (Å²) in [5.41, 5.74) is 2.20. The summed E-state index contributed by atoms with van der Waals surface area (Å²) in [7, 11) is -3.98. The van der Waals surface area contributed by atoms with Crippen molar-refractivity contribution in [3.63, 3.8) is 0 Å². The number of nitrogens with one attached hydrogen (secondary N) is 1. The number of ether oxygens (including phenoxy) is 2. The number of carbonyl (C=O) groups is 1. The van der Waals surface area contributed by atoms with Crippen LogP contribution in [0, 0.1) is 17.8 Å². The fourth-order valence-corrected chi connectivity index (χ4v) is 10.2. The Balaban J connectivity index is 1.23. The van der Waals surface area contributed by atoms with Gasteiger partial charge in [-0.2, -0.15) is 0 Å². The molecular weight excluding hydrogens is 688 g/mol. The molecule has 1 amide bonds. The summed E-state index contributed by atoms with van der Waals surface area (Å²) >= 11 is 6.38. The van der Waals surface area contributed by atoms with E-state index in [1.807, 2.05) is 37.3 Å². The number of aryl methyl sites for hydroxylation is 1. The Labute approximate surface area is 308 Å². The van der Waals surface area contributed by atoms with E-state index in [2.05, 4.69) is 19.4 Å². The summed E-state index contributed by atoms with van der Waals surface area (Å²) in [5.74, 6) is -0.0425. The fourth-order valence-electron chi connectivity index (χ4n) is 8.68. The van der Waals surface area contributed by atoms with Crippen LogP contribution in [-0.4, -0.2) is 105 Å². The topological polar surface area (TPSA) is 112 Å². The van der Waals surface area contributed by atoms with Crippen molar-refractivity contribution in [2.45, 2.75) is 75.9 Å². The quantitative estimate of drug-likeness (QED) is 0.417. The van der Waals surface area contributed by atoms with Crippen LogP contribution in [0.4, 0.5) is 5.69 Å². The average molecular weight is 741 g/mol. The van der Waals surface area contributed by atoms with Gasteiger partial charge in [0, 0.05) is 62.4 Å². The van der Waals surface area contributed by atoms with Crippen molar-refractivity contribution in [1.82, 2.24) is 14.5 Å². The first-order chi connectivity index (χ1) is 24.5. The van der Waals surface area contributed by atoms with Gasteiger partial charge in [-0.3, -0.25) is 14.6 Å². The van der Waals surface area contributed by atoms with Crippen LogP contribution in [0.2, 0.25) is 5.02 Å². The molecule has 3 fully saturated rings. The third-order valence-electron chi connectivity index (χ3n) is 12.2.